The van der Waals surface area contributed by atoms with Crippen molar-refractivity contribution in [3.8, 4) is 0 Å². The van der Waals surface area contributed by atoms with Crippen LogP contribution in [0.25, 0.3) is 0 Å². The molecule has 4 N–H and O–H groups in total. The molecule has 0 spiro atoms. The molecule has 2 atom stereocenters. The fourth-order valence-electron chi connectivity index (χ4n) is 2.46. The van der Waals surface area contributed by atoms with E-state index in [1.54, 1.807) is 6.20 Å². The Labute approximate surface area is 102 Å². The summed E-state index contributed by atoms with van der Waals surface area (Å²) in [6, 6.07) is 1.87. The summed E-state index contributed by atoms with van der Waals surface area (Å²) in [4.78, 5) is 8.22. The van der Waals surface area contributed by atoms with Crippen molar-refractivity contribution >= 4 is 11.8 Å². The molecule has 5 nitrogen and oxygen atoms in total. The number of nitrogens with two attached hydrogens (primary N) is 1. The molecule has 0 radical (unpaired) electrons. The molecule has 0 saturated heterocycles. The van der Waals surface area contributed by atoms with E-state index in [4.69, 9.17) is 5.84 Å². The predicted octanol–water partition coefficient (Wildman–Crippen LogP) is 2.00. The van der Waals surface area contributed by atoms with Crippen LogP contribution in [0.3, 0.4) is 0 Å². The quantitative estimate of drug-likeness (QED) is 0.549. The Morgan fingerprint density at radius 3 is 3.00 bits per heavy atom. The number of nitrogen functional groups attached to an aromatic ring is 1. The van der Waals surface area contributed by atoms with Crippen LogP contribution in [-0.2, 0) is 0 Å². The highest BCUT2D eigenvalue weighted by Gasteiger charge is 2.20. The van der Waals surface area contributed by atoms with Crippen LogP contribution in [0.5, 0.6) is 0 Å². The maximum atomic E-state index is 5.28. The number of nitrogens with zero attached hydrogens (tertiary/aromatic N) is 2. The molecule has 2 unspecified atom stereocenters. The fraction of sp³-hybridized carbons (Fsp3) is 0.667. The Hall–Kier alpha value is -1.36. The SMILES string of the molecule is CC1CCCCC1CNc1ccnc(NN)n1. The van der Waals surface area contributed by atoms with Gasteiger partial charge < -0.3 is 5.32 Å². The molecule has 1 aromatic heterocycles. The molecule has 0 amide bonds. The van der Waals surface area contributed by atoms with Crippen molar-refractivity contribution in [1.29, 1.82) is 0 Å². The third-order valence-corrected chi connectivity index (χ3v) is 3.62. The molecule has 5 heteroatoms. The van der Waals surface area contributed by atoms with Gasteiger partial charge in [-0.25, -0.2) is 10.8 Å². The number of hydrogen-bond donors (Lipinski definition) is 3. The summed E-state index contributed by atoms with van der Waals surface area (Å²) < 4.78 is 0. The predicted molar refractivity (Wildman–Crippen MR) is 69.5 cm³/mol. The van der Waals surface area contributed by atoms with Crippen molar-refractivity contribution in [1.82, 2.24) is 9.97 Å². The number of aromatic nitrogens is 2. The van der Waals surface area contributed by atoms with Crippen LogP contribution in [0.15, 0.2) is 12.3 Å². The molecule has 1 fully saturated rings. The van der Waals surface area contributed by atoms with Gasteiger partial charge in [0.25, 0.3) is 0 Å². The molecule has 1 aliphatic rings. The first-order chi connectivity index (χ1) is 8.29. The van der Waals surface area contributed by atoms with Crippen molar-refractivity contribution < 1.29 is 0 Å². The van der Waals surface area contributed by atoms with Gasteiger partial charge >= 0.3 is 0 Å². The van der Waals surface area contributed by atoms with Crippen LogP contribution < -0.4 is 16.6 Å². The second-order valence-corrected chi connectivity index (χ2v) is 4.81. The van der Waals surface area contributed by atoms with E-state index >= 15 is 0 Å². The maximum absolute atomic E-state index is 5.28. The van der Waals surface area contributed by atoms with E-state index in [2.05, 4.69) is 27.6 Å². The molecule has 17 heavy (non-hydrogen) atoms. The Morgan fingerprint density at radius 2 is 2.24 bits per heavy atom. The van der Waals surface area contributed by atoms with E-state index in [0.717, 1.165) is 24.2 Å². The Balaban J connectivity index is 1.88. The molecule has 1 aliphatic carbocycles. The summed E-state index contributed by atoms with van der Waals surface area (Å²) in [7, 11) is 0. The molecule has 1 aromatic rings. The summed E-state index contributed by atoms with van der Waals surface area (Å²) in [5.41, 5.74) is 2.45. The first-order valence-electron chi connectivity index (χ1n) is 6.33. The van der Waals surface area contributed by atoms with Gasteiger partial charge in [-0.05, 0) is 24.3 Å². The molecule has 94 valence electrons. The highest BCUT2D eigenvalue weighted by Crippen LogP contribution is 2.29. The summed E-state index contributed by atoms with van der Waals surface area (Å²) in [6.07, 6.45) is 7.12. The third kappa shape index (κ3) is 3.30. The molecule has 0 aromatic carbocycles. The monoisotopic (exact) mass is 235 g/mol. The zero-order valence-electron chi connectivity index (χ0n) is 10.3. The largest absolute Gasteiger partial charge is 0.370 e. The molecular weight excluding hydrogens is 214 g/mol. The van der Waals surface area contributed by atoms with Gasteiger partial charge in [-0.1, -0.05) is 26.2 Å². The van der Waals surface area contributed by atoms with Crippen molar-refractivity contribution in [2.45, 2.75) is 32.6 Å². The van der Waals surface area contributed by atoms with Crippen molar-refractivity contribution in [3.05, 3.63) is 12.3 Å². The minimum atomic E-state index is 0.451. The summed E-state index contributed by atoms with van der Waals surface area (Å²) >= 11 is 0. The Bertz CT molecular complexity index is 355. The second kappa shape index (κ2) is 5.82. The van der Waals surface area contributed by atoms with E-state index in [1.165, 1.54) is 25.7 Å². The van der Waals surface area contributed by atoms with Gasteiger partial charge in [-0.15, -0.1) is 0 Å². The topological polar surface area (TPSA) is 75.9 Å². The molecule has 2 rings (SSSR count). The van der Waals surface area contributed by atoms with Gasteiger partial charge in [0.1, 0.15) is 5.82 Å². The van der Waals surface area contributed by atoms with E-state index in [1.807, 2.05) is 6.07 Å². The fourth-order valence-corrected chi connectivity index (χ4v) is 2.46. The Kier molecular flexibility index (Phi) is 4.14. The number of nitrogens with one attached hydrogen (secondary N) is 2. The van der Waals surface area contributed by atoms with Crippen LogP contribution in [-0.4, -0.2) is 16.5 Å². The normalized spacial score (nSPS) is 24.4. The zero-order chi connectivity index (χ0) is 12.1. The summed E-state index contributed by atoms with van der Waals surface area (Å²) in [6.45, 7) is 3.33. The van der Waals surface area contributed by atoms with Crippen LogP contribution in [0.1, 0.15) is 32.6 Å². The van der Waals surface area contributed by atoms with Crippen LogP contribution in [0.4, 0.5) is 11.8 Å². The zero-order valence-corrected chi connectivity index (χ0v) is 10.3. The van der Waals surface area contributed by atoms with Gasteiger partial charge in [0.15, 0.2) is 0 Å². The lowest BCUT2D eigenvalue weighted by Gasteiger charge is -2.28. The summed E-state index contributed by atoms with van der Waals surface area (Å²) in [5.74, 6) is 8.13. The first-order valence-corrected chi connectivity index (χ1v) is 6.33. The molecule has 1 heterocycles. The Morgan fingerprint density at radius 1 is 1.41 bits per heavy atom. The number of anilines is 2. The average molecular weight is 235 g/mol. The van der Waals surface area contributed by atoms with Gasteiger partial charge in [-0.2, -0.15) is 4.98 Å². The first kappa shape index (κ1) is 12.1. The molecular formula is C12H21N5. The number of hydrogen-bond acceptors (Lipinski definition) is 5. The average Bonchev–Trinajstić information content (AvgIpc) is 2.38. The van der Waals surface area contributed by atoms with Crippen molar-refractivity contribution in [2.24, 2.45) is 17.7 Å². The van der Waals surface area contributed by atoms with Gasteiger partial charge in [0.05, 0.1) is 0 Å². The molecule has 0 bridgehead atoms. The molecule has 1 saturated carbocycles. The highest BCUT2D eigenvalue weighted by molar-refractivity contribution is 5.38. The third-order valence-electron chi connectivity index (χ3n) is 3.62. The lowest BCUT2D eigenvalue weighted by molar-refractivity contribution is 0.268. The number of hydrazine groups is 1. The van der Waals surface area contributed by atoms with E-state index in [-0.39, 0.29) is 0 Å². The molecule has 0 aliphatic heterocycles. The van der Waals surface area contributed by atoms with Crippen molar-refractivity contribution in [3.63, 3.8) is 0 Å². The van der Waals surface area contributed by atoms with Gasteiger partial charge in [-0.3, -0.25) is 5.43 Å². The lowest BCUT2D eigenvalue weighted by Crippen LogP contribution is -2.24. The van der Waals surface area contributed by atoms with E-state index in [0.29, 0.717) is 5.95 Å². The van der Waals surface area contributed by atoms with Gasteiger partial charge in [0, 0.05) is 12.7 Å². The maximum Gasteiger partial charge on any atom is 0.239 e. The van der Waals surface area contributed by atoms with Crippen LogP contribution >= 0.6 is 0 Å². The second-order valence-electron chi connectivity index (χ2n) is 4.81. The van der Waals surface area contributed by atoms with Crippen LogP contribution in [0.2, 0.25) is 0 Å². The van der Waals surface area contributed by atoms with Gasteiger partial charge in [0.2, 0.25) is 5.95 Å². The minimum absolute atomic E-state index is 0.451. The summed E-state index contributed by atoms with van der Waals surface area (Å²) in [5, 5.41) is 3.37. The highest BCUT2D eigenvalue weighted by atomic mass is 15.3. The van der Waals surface area contributed by atoms with E-state index < -0.39 is 0 Å². The number of rotatable bonds is 4. The lowest BCUT2D eigenvalue weighted by atomic mass is 9.80. The minimum Gasteiger partial charge on any atom is -0.370 e. The van der Waals surface area contributed by atoms with Crippen LogP contribution in [0, 0.1) is 11.8 Å². The smallest absolute Gasteiger partial charge is 0.239 e. The standard InChI is InChI=1S/C12H21N5/c1-9-4-2-3-5-10(9)8-15-11-6-7-14-12(16-11)17-13/h6-7,9-10H,2-5,8,13H2,1H3,(H2,14,15,16,17). The van der Waals surface area contributed by atoms with Crippen molar-refractivity contribution in [2.75, 3.05) is 17.3 Å². The van der Waals surface area contributed by atoms with E-state index in [9.17, 15) is 0 Å².